The third-order valence-electron chi connectivity index (χ3n) is 3.43. The highest BCUT2D eigenvalue weighted by Crippen LogP contribution is 2.21. The third-order valence-corrected chi connectivity index (χ3v) is 3.43. The molecule has 2 fully saturated rings. The zero-order valence-corrected chi connectivity index (χ0v) is 9.70. The second kappa shape index (κ2) is 4.49. The lowest BCUT2D eigenvalue weighted by atomic mass is 10.2. The molecule has 2 aliphatic heterocycles. The number of rotatable bonds is 3. The number of hydrogen-bond donors (Lipinski definition) is 1. The van der Waals surface area contributed by atoms with Crippen LogP contribution < -0.4 is 5.32 Å². The Morgan fingerprint density at radius 2 is 2.33 bits per heavy atom. The van der Waals surface area contributed by atoms with Crippen molar-refractivity contribution in [3.05, 3.63) is 0 Å². The maximum Gasteiger partial charge on any atom is 0.238 e. The summed E-state index contributed by atoms with van der Waals surface area (Å²) in [6.07, 6.45) is 3.62. The van der Waals surface area contributed by atoms with Crippen molar-refractivity contribution in [1.29, 1.82) is 0 Å². The quantitative estimate of drug-likeness (QED) is 0.727. The van der Waals surface area contributed by atoms with Crippen molar-refractivity contribution in [3.63, 3.8) is 0 Å². The molecule has 2 atom stereocenters. The molecular weight excluding hydrogens is 190 g/mol. The third kappa shape index (κ3) is 2.16. The molecule has 0 aromatic carbocycles. The summed E-state index contributed by atoms with van der Waals surface area (Å²) in [6, 6.07) is 0.439. The summed E-state index contributed by atoms with van der Waals surface area (Å²) in [5, 5.41) is 3.31. The van der Waals surface area contributed by atoms with Gasteiger partial charge in [-0.25, -0.2) is 0 Å². The molecule has 2 heterocycles. The van der Waals surface area contributed by atoms with Crippen LogP contribution in [0, 0.1) is 0 Å². The van der Waals surface area contributed by atoms with Crippen molar-refractivity contribution in [2.24, 2.45) is 0 Å². The molecule has 4 nitrogen and oxygen atoms in total. The first-order chi connectivity index (χ1) is 7.22. The van der Waals surface area contributed by atoms with Gasteiger partial charge < -0.3 is 9.80 Å². The van der Waals surface area contributed by atoms with E-state index in [0.717, 1.165) is 32.4 Å². The van der Waals surface area contributed by atoms with E-state index < -0.39 is 0 Å². The van der Waals surface area contributed by atoms with Crippen molar-refractivity contribution in [2.75, 3.05) is 26.7 Å². The van der Waals surface area contributed by atoms with Crippen molar-refractivity contribution >= 4 is 5.91 Å². The van der Waals surface area contributed by atoms with Crippen LogP contribution >= 0.6 is 0 Å². The van der Waals surface area contributed by atoms with Gasteiger partial charge in [0.15, 0.2) is 0 Å². The van der Waals surface area contributed by atoms with Crippen molar-refractivity contribution < 1.29 is 4.79 Å². The van der Waals surface area contributed by atoms with E-state index in [9.17, 15) is 4.79 Å². The zero-order valence-electron chi connectivity index (χ0n) is 9.70. The lowest BCUT2D eigenvalue weighted by Crippen LogP contribution is -2.45. The van der Waals surface area contributed by atoms with Crippen molar-refractivity contribution in [1.82, 2.24) is 15.1 Å². The van der Waals surface area contributed by atoms with Crippen LogP contribution in [0.1, 0.15) is 26.2 Å². The minimum atomic E-state index is 0.286. The Morgan fingerprint density at radius 1 is 1.53 bits per heavy atom. The Balaban J connectivity index is 2.00. The summed E-state index contributed by atoms with van der Waals surface area (Å²) in [6.45, 7) is 4.86. The average molecular weight is 211 g/mol. The molecule has 0 bridgehead atoms. The highest BCUT2D eigenvalue weighted by molar-refractivity contribution is 5.81. The fourth-order valence-electron chi connectivity index (χ4n) is 2.68. The minimum Gasteiger partial charge on any atom is -0.322 e. The predicted molar refractivity (Wildman–Crippen MR) is 59.4 cm³/mol. The van der Waals surface area contributed by atoms with Gasteiger partial charge in [-0.2, -0.15) is 0 Å². The standard InChI is InChI=1S/C11H21N3O/c1-3-4-10-12-7-11(15)14(10)9-5-6-13(2)8-9/h9-10,12H,3-8H2,1-2H3. The molecule has 2 aliphatic rings. The molecule has 0 spiro atoms. The molecule has 4 heteroatoms. The van der Waals surface area contributed by atoms with Gasteiger partial charge in [0, 0.05) is 12.6 Å². The molecule has 15 heavy (non-hydrogen) atoms. The van der Waals surface area contributed by atoms with E-state index in [1.54, 1.807) is 0 Å². The molecule has 0 aliphatic carbocycles. The van der Waals surface area contributed by atoms with Gasteiger partial charge in [-0.05, 0) is 26.4 Å². The summed E-state index contributed by atoms with van der Waals surface area (Å²) in [7, 11) is 2.13. The van der Waals surface area contributed by atoms with Gasteiger partial charge in [-0.15, -0.1) is 0 Å². The number of carbonyl (C=O) groups is 1. The molecule has 2 saturated heterocycles. The van der Waals surface area contributed by atoms with E-state index >= 15 is 0 Å². The molecule has 0 aromatic heterocycles. The maximum absolute atomic E-state index is 11.8. The number of nitrogens with one attached hydrogen (secondary N) is 1. The summed E-state index contributed by atoms with van der Waals surface area (Å²) in [5.74, 6) is 0.286. The van der Waals surface area contributed by atoms with Gasteiger partial charge >= 0.3 is 0 Å². The van der Waals surface area contributed by atoms with Gasteiger partial charge in [-0.3, -0.25) is 10.1 Å². The van der Waals surface area contributed by atoms with Crippen LogP contribution in [0.2, 0.25) is 0 Å². The molecular formula is C11H21N3O. The van der Waals surface area contributed by atoms with Gasteiger partial charge in [0.2, 0.25) is 5.91 Å². The molecule has 1 N–H and O–H groups in total. The summed E-state index contributed by atoms with van der Waals surface area (Å²) in [4.78, 5) is 16.2. The minimum absolute atomic E-state index is 0.286. The summed E-state index contributed by atoms with van der Waals surface area (Å²) < 4.78 is 0. The van der Waals surface area contributed by atoms with E-state index in [0.29, 0.717) is 18.8 Å². The number of likely N-dealkylation sites (N-methyl/N-ethyl adjacent to an activating group) is 1. The van der Waals surface area contributed by atoms with Crippen LogP contribution in [-0.2, 0) is 4.79 Å². The van der Waals surface area contributed by atoms with Crippen LogP contribution in [0.25, 0.3) is 0 Å². The van der Waals surface area contributed by atoms with E-state index in [4.69, 9.17) is 0 Å². The normalized spacial score (nSPS) is 32.9. The number of carbonyl (C=O) groups excluding carboxylic acids is 1. The first kappa shape index (κ1) is 10.9. The molecule has 0 radical (unpaired) electrons. The molecule has 2 unspecified atom stereocenters. The topological polar surface area (TPSA) is 35.6 Å². The predicted octanol–water partition coefficient (Wildman–Crippen LogP) is 0.249. The fourth-order valence-corrected chi connectivity index (χ4v) is 2.68. The number of nitrogens with zero attached hydrogens (tertiary/aromatic N) is 2. The van der Waals surface area contributed by atoms with Gasteiger partial charge in [-0.1, -0.05) is 13.3 Å². The first-order valence-corrected chi connectivity index (χ1v) is 5.95. The number of likely N-dealkylation sites (tertiary alicyclic amines) is 1. The van der Waals surface area contributed by atoms with E-state index in [2.05, 4.69) is 29.1 Å². The molecule has 86 valence electrons. The van der Waals surface area contributed by atoms with Gasteiger partial charge in [0.05, 0.1) is 12.7 Å². The van der Waals surface area contributed by atoms with Gasteiger partial charge in [0.1, 0.15) is 0 Å². The number of hydrogen-bond acceptors (Lipinski definition) is 3. The van der Waals surface area contributed by atoms with Crippen LogP contribution in [0.15, 0.2) is 0 Å². The van der Waals surface area contributed by atoms with Crippen LogP contribution in [0.4, 0.5) is 0 Å². The Labute approximate surface area is 91.6 Å². The van der Waals surface area contributed by atoms with Crippen LogP contribution in [0.5, 0.6) is 0 Å². The Morgan fingerprint density at radius 3 is 2.93 bits per heavy atom. The molecule has 1 amide bonds. The fraction of sp³-hybridized carbons (Fsp3) is 0.909. The number of amides is 1. The lowest BCUT2D eigenvalue weighted by molar-refractivity contribution is -0.130. The van der Waals surface area contributed by atoms with E-state index in [-0.39, 0.29) is 5.91 Å². The molecule has 0 saturated carbocycles. The molecule has 0 aromatic rings. The van der Waals surface area contributed by atoms with Crippen molar-refractivity contribution in [3.8, 4) is 0 Å². The highest BCUT2D eigenvalue weighted by Gasteiger charge is 2.37. The SMILES string of the molecule is CCCC1NCC(=O)N1C1CCN(C)C1. The smallest absolute Gasteiger partial charge is 0.238 e. The Bertz CT molecular complexity index is 244. The van der Waals surface area contributed by atoms with E-state index in [1.807, 2.05) is 0 Å². The summed E-state index contributed by atoms with van der Waals surface area (Å²) in [5.41, 5.74) is 0. The highest BCUT2D eigenvalue weighted by atomic mass is 16.2. The lowest BCUT2D eigenvalue weighted by Gasteiger charge is -2.30. The van der Waals surface area contributed by atoms with E-state index in [1.165, 1.54) is 0 Å². The second-order valence-electron chi connectivity index (χ2n) is 4.69. The summed E-state index contributed by atoms with van der Waals surface area (Å²) >= 11 is 0. The second-order valence-corrected chi connectivity index (χ2v) is 4.69. The largest absolute Gasteiger partial charge is 0.322 e. The monoisotopic (exact) mass is 211 g/mol. The molecule has 2 rings (SSSR count). The zero-order chi connectivity index (χ0) is 10.8. The first-order valence-electron chi connectivity index (χ1n) is 5.95. The Hall–Kier alpha value is -0.610. The van der Waals surface area contributed by atoms with Gasteiger partial charge in [0.25, 0.3) is 0 Å². The van der Waals surface area contributed by atoms with Crippen LogP contribution in [0.3, 0.4) is 0 Å². The Kier molecular flexibility index (Phi) is 3.26. The van der Waals surface area contributed by atoms with Crippen LogP contribution in [-0.4, -0.2) is 54.6 Å². The maximum atomic E-state index is 11.8. The average Bonchev–Trinajstić information content (AvgIpc) is 2.74. The van der Waals surface area contributed by atoms with Crippen molar-refractivity contribution in [2.45, 2.75) is 38.4 Å².